The molecular weight excluding hydrogens is 310 g/mol. The fourth-order valence-electron chi connectivity index (χ4n) is 3.75. The number of nitrogens with zero attached hydrogens (tertiary/aromatic N) is 4. The molecule has 1 fully saturated rings. The smallest absolute Gasteiger partial charge is 0.152 e. The molecule has 2 atom stereocenters. The van der Waals surface area contributed by atoms with Gasteiger partial charge in [0.15, 0.2) is 5.82 Å². The molecule has 1 saturated heterocycles. The zero-order chi connectivity index (χ0) is 17.2. The lowest BCUT2D eigenvalue weighted by molar-refractivity contribution is 0.144. The van der Waals surface area contributed by atoms with Gasteiger partial charge >= 0.3 is 0 Å². The number of fused-ring (bicyclic) bond motifs is 1. The van der Waals surface area contributed by atoms with Crippen molar-refractivity contribution in [2.45, 2.75) is 45.3 Å². The summed E-state index contributed by atoms with van der Waals surface area (Å²) in [5, 5.41) is 8.12. The van der Waals surface area contributed by atoms with Crippen LogP contribution in [0.3, 0.4) is 0 Å². The molecule has 0 saturated carbocycles. The van der Waals surface area contributed by atoms with Crippen molar-refractivity contribution in [2.24, 2.45) is 0 Å². The van der Waals surface area contributed by atoms with E-state index in [1.54, 1.807) is 0 Å². The van der Waals surface area contributed by atoms with Gasteiger partial charge in [-0.15, -0.1) is 0 Å². The zero-order valence-electron chi connectivity index (χ0n) is 14.9. The van der Waals surface area contributed by atoms with Crippen molar-refractivity contribution in [1.29, 1.82) is 0 Å². The van der Waals surface area contributed by atoms with Gasteiger partial charge in [0.2, 0.25) is 0 Å². The van der Waals surface area contributed by atoms with E-state index in [2.05, 4.69) is 63.6 Å². The molecule has 0 spiro atoms. The van der Waals surface area contributed by atoms with Gasteiger partial charge in [-0.05, 0) is 38.3 Å². The van der Waals surface area contributed by atoms with Crippen LogP contribution in [-0.4, -0.2) is 38.1 Å². The lowest BCUT2D eigenvalue weighted by atomic mass is 9.97. The standard InChI is InChI=1S/C20H25N5/c1-15-12-19-20(21-9-11-25(19)23-15)22-18-8-10-24(16(2)13-18)14-17-6-4-3-5-7-17/h3-7,9,11-12,16,18H,8,10,13-14H2,1-2H3,(H,21,22). The highest BCUT2D eigenvalue weighted by atomic mass is 15.2. The lowest BCUT2D eigenvalue weighted by Crippen LogP contribution is -2.44. The molecule has 3 aromatic rings. The van der Waals surface area contributed by atoms with Crippen LogP contribution >= 0.6 is 0 Å². The second-order valence-electron chi connectivity index (χ2n) is 7.06. The largest absolute Gasteiger partial charge is 0.365 e. The Morgan fingerprint density at radius 2 is 2.08 bits per heavy atom. The van der Waals surface area contributed by atoms with Gasteiger partial charge in [0.25, 0.3) is 0 Å². The lowest BCUT2D eigenvalue weighted by Gasteiger charge is -2.38. The van der Waals surface area contributed by atoms with Crippen LogP contribution in [0.1, 0.15) is 31.0 Å². The molecule has 5 nitrogen and oxygen atoms in total. The number of hydrogen-bond acceptors (Lipinski definition) is 4. The van der Waals surface area contributed by atoms with E-state index in [0.29, 0.717) is 12.1 Å². The van der Waals surface area contributed by atoms with E-state index in [9.17, 15) is 0 Å². The van der Waals surface area contributed by atoms with Gasteiger partial charge in [0.1, 0.15) is 5.52 Å². The van der Waals surface area contributed by atoms with Crippen LogP contribution < -0.4 is 5.32 Å². The van der Waals surface area contributed by atoms with Crippen molar-refractivity contribution in [3.05, 3.63) is 60.0 Å². The molecule has 1 aliphatic heterocycles. The summed E-state index contributed by atoms with van der Waals surface area (Å²) >= 11 is 0. The number of anilines is 1. The van der Waals surface area contributed by atoms with Gasteiger partial charge in [-0.1, -0.05) is 30.3 Å². The Morgan fingerprint density at radius 1 is 1.24 bits per heavy atom. The minimum Gasteiger partial charge on any atom is -0.365 e. The van der Waals surface area contributed by atoms with Gasteiger partial charge in [-0.3, -0.25) is 4.90 Å². The summed E-state index contributed by atoms with van der Waals surface area (Å²) in [6.07, 6.45) is 5.98. The molecule has 0 amide bonds. The number of nitrogens with one attached hydrogen (secondary N) is 1. The third-order valence-corrected chi connectivity index (χ3v) is 5.10. The Hall–Kier alpha value is -2.40. The maximum Gasteiger partial charge on any atom is 0.152 e. The summed E-state index contributed by atoms with van der Waals surface area (Å²) in [5.41, 5.74) is 3.46. The third-order valence-electron chi connectivity index (χ3n) is 5.10. The van der Waals surface area contributed by atoms with Crippen LogP contribution in [0, 0.1) is 6.92 Å². The number of likely N-dealkylation sites (tertiary alicyclic amines) is 1. The summed E-state index contributed by atoms with van der Waals surface area (Å²) in [6, 6.07) is 13.8. The van der Waals surface area contributed by atoms with Crippen molar-refractivity contribution in [3.63, 3.8) is 0 Å². The molecule has 2 unspecified atom stereocenters. The number of aromatic nitrogens is 3. The highest BCUT2D eigenvalue weighted by Crippen LogP contribution is 2.24. The first kappa shape index (κ1) is 16.1. The number of benzene rings is 1. The predicted molar refractivity (Wildman–Crippen MR) is 101 cm³/mol. The van der Waals surface area contributed by atoms with Gasteiger partial charge in [-0.2, -0.15) is 5.10 Å². The quantitative estimate of drug-likeness (QED) is 0.792. The van der Waals surface area contributed by atoms with Crippen LogP contribution in [-0.2, 0) is 6.54 Å². The van der Waals surface area contributed by atoms with Crippen molar-refractivity contribution in [2.75, 3.05) is 11.9 Å². The molecule has 5 heteroatoms. The normalized spacial score (nSPS) is 21.5. The first-order chi connectivity index (χ1) is 12.2. The number of rotatable bonds is 4. The average molecular weight is 335 g/mol. The first-order valence-electron chi connectivity index (χ1n) is 9.04. The summed E-state index contributed by atoms with van der Waals surface area (Å²) < 4.78 is 1.90. The molecule has 1 aromatic carbocycles. The van der Waals surface area contributed by atoms with Crippen LogP contribution in [0.15, 0.2) is 48.8 Å². The minimum absolute atomic E-state index is 0.455. The van der Waals surface area contributed by atoms with E-state index >= 15 is 0 Å². The number of piperidine rings is 1. The molecule has 2 aromatic heterocycles. The monoisotopic (exact) mass is 335 g/mol. The highest BCUT2D eigenvalue weighted by molar-refractivity contribution is 5.68. The molecular formula is C20H25N5. The Bertz CT molecular complexity index is 842. The average Bonchev–Trinajstić information content (AvgIpc) is 3.00. The van der Waals surface area contributed by atoms with Crippen LogP contribution in [0.5, 0.6) is 0 Å². The van der Waals surface area contributed by atoms with Crippen molar-refractivity contribution in [1.82, 2.24) is 19.5 Å². The van der Waals surface area contributed by atoms with E-state index in [1.807, 2.05) is 23.8 Å². The van der Waals surface area contributed by atoms with Crippen LogP contribution in [0.25, 0.3) is 5.52 Å². The Morgan fingerprint density at radius 3 is 2.88 bits per heavy atom. The van der Waals surface area contributed by atoms with E-state index in [4.69, 9.17) is 0 Å². The minimum atomic E-state index is 0.455. The maximum atomic E-state index is 4.54. The first-order valence-corrected chi connectivity index (χ1v) is 9.04. The molecule has 0 aliphatic carbocycles. The fourth-order valence-corrected chi connectivity index (χ4v) is 3.75. The second-order valence-corrected chi connectivity index (χ2v) is 7.06. The molecule has 130 valence electrons. The van der Waals surface area contributed by atoms with E-state index < -0.39 is 0 Å². The zero-order valence-corrected chi connectivity index (χ0v) is 14.9. The van der Waals surface area contributed by atoms with Gasteiger partial charge < -0.3 is 5.32 Å². The fraction of sp³-hybridized carbons (Fsp3) is 0.400. The molecule has 3 heterocycles. The Labute approximate surface area is 148 Å². The summed E-state index contributed by atoms with van der Waals surface area (Å²) in [4.78, 5) is 7.11. The molecule has 1 N–H and O–H groups in total. The van der Waals surface area contributed by atoms with Crippen molar-refractivity contribution < 1.29 is 0 Å². The molecule has 25 heavy (non-hydrogen) atoms. The summed E-state index contributed by atoms with van der Waals surface area (Å²) in [7, 11) is 0. The molecule has 1 aliphatic rings. The van der Waals surface area contributed by atoms with Gasteiger partial charge in [-0.25, -0.2) is 9.50 Å². The van der Waals surface area contributed by atoms with E-state index in [1.165, 1.54) is 5.56 Å². The van der Waals surface area contributed by atoms with E-state index in [0.717, 1.165) is 43.0 Å². The maximum absolute atomic E-state index is 4.54. The van der Waals surface area contributed by atoms with Crippen LogP contribution in [0.2, 0.25) is 0 Å². The van der Waals surface area contributed by atoms with Crippen LogP contribution in [0.4, 0.5) is 5.82 Å². The summed E-state index contributed by atoms with van der Waals surface area (Å²) in [5.74, 6) is 0.941. The third kappa shape index (κ3) is 3.51. The second kappa shape index (κ2) is 6.84. The van der Waals surface area contributed by atoms with Gasteiger partial charge in [0.05, 0.1) is 5.69 Å². The molecule has 0 bridgehead atoms. The number of hydrogen-bond donors (Lipinski definition) is 1. The van der Waals surface area contributed by atoms with Crippen molar-refractivity contribution >= 4 is 11.3 Å². The molecule has 0 radical (unpaired) electrons. The summed E-state index contributed by atoms with van der Waals surface area (Å²) in [6.45, 7) is 6.48. The Kier molecular flexibility index (Phi) is 4.40. The topological polar surface area (TPSA) is 45.5 Å². The van der Waals surface area contributed by atoms with E-state index in [-0.39, 0.29) is 0 Å². The predicted octanol–water partition coefficient (Wildman–Crippen LogP) is 3.50. The van der Waals surface area contributed by atoms with Crippen molar-refractivity contribution in [3.8, 4) is 0 Å². The van der Waals surface area contributed by atoms with Gasteiger partial charge in [0, 0.05) is 37.6 Å². The highest BCUT2D eigenvalue weighted by Gasteiger charge is 2.26. The SMILES string of the molecule is Cc1cc2c(NC3CCN(Cc4ccccc4)C(C)C3)nccn2n1. The number of aryl methyl sites for hydroxylation is 1. The Balaban J connectivity index is 1.42. The molecule has 4 rings (SSSR count).